The van der Waals surface area contributed by atoms with Crippen molar-refractivity contribution in [2.75, 3.05) is 6.54 Å². The van der Waals surface area contributed by atoms with Gasteiger partial charge in [-0.05, 0) is 32.0 Å². The number of halogens is 4. The topological polar surface area (TPSA) is 105 Å². The number of amides is 1. The summed E-state index contributed by atoms with van der Waals surface area (Å²) in [7, 11) is 0. The molecule has 0 saturated carbocycles. The van der Waals surface area contributed by atoms with Gasteiger partial charge in [0, 0.05) is 24.9 Å². The molecule has 1 atom stereocenters. The molecule has 5 rings (SSSR count). The van der Waals surface area contributed by atoms with Crippen molar-refractivity contribution >= 4 is 11.4 Å². The maximum Gasteiger partial charge on any atom is 0.418 e. The number of aromatic nitrogens is 6. The van der Waals surface area contributed by atoms with Gasteiger partial charge in [-0.1, -0.05) is 0 Å². The van der Waals surface area contributed by atoms with E-state index in [0.717, 1.165) is 16.3 Å². The average molecular weight is 463 g/mol. The van der Waals surface area contributed by atoms with Gasteiger partial charge >= 0.3 is 18.0 Å². The van der Waals surface area contributed by atoms with Crippen molar-refractivity contribution in [2.45, 2.75) is 38.2 Å². The van der Waals surface area contributed by atoms with Crippen LogP contribution < -0.4 is 0 Å². The number of aromatic amines is 1. The van der Waals surface area contributed by atoms with Gasteiger partial charge in [0.15, 0.2) is 5.67 Å². The van der Waals surface area contributed by atoms with Crippen LogP contribution in [-0.4, -0.2) is 47.1 Å². The summed E-state index contributed by atoms with van der Waals surface area (Å²) in [5.74, 6) is -1.49. The quantitative estimate of drug-likeness (QED) is 0.467. The zero-order chi connectivity index (χ0) is 23.5. The first kappa shape index (κ1) is 21.1. The molecule has 172 valence electrons. The Morgan fingerprint density at radius 2 is 2.03 bits per heavy atom. The molecule has 0 fully saturated rings. The Kier molecular flexibility index (Phi) is 4.55. The molecule has 1 unspecified atom stereocenters. The number of carbonyl (C=O) groups excluding carboxylic acids is 1. The zero-order valence-corrected chi connectivity index (χ0v) is 17.4. The summed E-state index contributed by atoms with van der Waals surface area (Å²) in [6.45, 7) is 2.60. The molecular weight excluding hydrogens is 446 g/mol. The minimum Gasteiger partial charge on any atom is -0.413 e. The van der Waals surface area contributed by atoms with E-state index in [1.165, 1.54) is 43.4 Å². The Bertz CT molecular complexity index is 1350. The number of hydrogen-bond acceptors (Lipinski definition) is 6. The lowest BCUT2D eigenvalue weighted by atomic mass is 9.99. The fraction of sp³-hybridized carbons (Fsp3) is 0.350. The van der Waals surface area contributed by atoms with Crippen LogP contribution in [0.4, 0.5) is 17.6 Å². The van der Waals surface area contributed by atoms with Crippen LogP contribution in [0.25, 0.3) is 5.52 Å². The molecule has 4 aromatic heterocycles. The van der Waals surface area contributed by atoms with Crippen LogP contribution in [0.3, 0.4) is 0 Å². The number of fused-ring (bicyclic) bond motifs is 2. The number of carbonyl (C=O) groups is 1. The van der Waals surface area contributed by atoms with Gasteiger partial charge in [0.05, 0.1) is 28.8 Å². The molecule has 0 radical (unpaired) electrons. The van der Waals surface area contributed by atoms with Gasteiger partial charge in [-0.3, -0.25) is 4.79 Å². The van der Waals surface area contributed by atoms with E-state index in [4.69, 9.17) is 4.42 Å². The number of nitrogens with zero attached hydrogens (tertiary/aromatic N) is 6. The van der Waals surface area contributed by atoms with Crippen LogP contribution in [0.1, 0.15) is 59.1 Å². The Balaban J connectivity index is 1.61. The minimum atomic E-state index is -4.58. The first-order valence-electron chi connectivity index (χ1n) is 9.95. The van der Waals surface area contributed by atoms with E-state index in [0.29, 0.717) is 12.1 Å². The van der Waals surface area contributed by atoms with E-state index in [9.17, 15) is 22.4 Å². The van der Waals surface area contributed by atoms with Gasteiger partial charge in [-0.2, -0.15) is 18.3 Å². The van der Waals surface area contributed by atoms with E-state index in [1.54, 1.807) is 0 Å². The lowest BCUT2D eigenvalue weighted by Crippen LogP contribution is -2.41. The summed E-state index contributed by atoms with van der Waals surface area (Å²) in [6.07, 6.45) is -1.34. The lowest BCUT2D eigenvalue weighted by molar-refractivity contribution is -0.136. The highest BCUT2D eigenvalue weighted by Gasteiger charge is 2.40. The SMILES string of the molecule is CC(C)(F)c1nnc(C(=O)N2CCc3[nH]cnc3C2c2cc3c(C(F)(F)F)cccn3n2)o1. The number of nitrogens with one attached hydrogen (secondary N) is 1. The molecule has 9 nitrogen and oxygen atoms in total. The van der Waals surface area contributed by atoms with Gasteiger partial charge in [-0.15, -0.1) is 10.2 Å². The van der Waals surface area contributed by atoms with E-state index < -0.39 is 35.2 Å². The second-order valence-electron chi connectivity index (χ2n) is 8.12. The number of rotatable bonds is 3. The molecule has 33 heavy (non-hydrogen) atoms. The third kappa shape index (κ3) is 3.52. The van der Waals surface area contributed by atoms with Crippen molar-refractivity contribution < 1.29 is 26.8 Å². The predicted molar refractivity (Wildman–Crippen MR) is 104 cm³/mol. The van der Waals surface area contributed by atoms with Crippen molar-refractivity contribution in [3.8, 4) is 0 Å². The van der Waals surface area contributed by atoms with Gasteiger partial charge in [0.25, 0.3) is 5.89 Å². The van der Waals surface area contributed by atoms with Crippen LogP contribution in [-0.2, 0) is 18.3 Å². The van der Waals surface area contributed by atoms with E-state index in [2.05, 4.69) is 25.3 Å². The predicted octanol–water partition coefficient (Wildman–Crippen LogP) is 3.45. The first-order chi connectivity index (χ1) is 15.5. The Hall–Kier alpha value is -3.77. The number of H-pyrrole nitrogens is 1. The summed E-state index contributed by atoms with van der Waals surface area (Å²) in [4.78, 5) is 21.9. The van der Waals surface area contributed by atoms with Gasteiger partial charge in [-0.25, -0.2) is 13.9 Å². The molecule has 1 aliphatic rings. The summed E-state index contributed by atoms with van der Waals surface area (Å²) in [5, 5.41) is 11.6. The smallest absolute Gasteiger partial charge is 0.413 e. The van der Waals surface area contributed by atoms with E-state index >= 15 is 0 Å². The molecule has 1 amide bonds. The molecule has 1 N–H and O–H groups in total. The highest BCUT2D eigenvalue weighted by molar-refractivity contribution is 5.90. The molecule has 0 aliphatic carbocycles. The van der Waals surface area contributed by atoms with E-state index in [1.807, 2.05) is 0 Å². The highest BCUT2D eigenvalue weighted by atomic mass is 19.4. The molecule has 0 bridgehead atoms. The molecular formula is C20H17F4N7O2. The average Bonchev–Trinajstić information content (AvgIpc) is 3.49. The number of alkyl halides is 4. The number of hydrogen-bond donors (Lipinski definition) is 1. The highest BCUT2D eigenvalue weighted by Crippen LogP contribution is 2.37. The maximum atomic E-state index is 14.1. The molecule has 0 spiro atoms. The van der Waals surface area contributed by atoms with Crippen LogP contribution in [0.15, 0.2) is 35.1 Å². The van der Waals surface area contributed by atoms with Crippen molar-refractivity contribution in [3.63, 3.8) is 0 Å². The standard InChI is InChI=1S/C20H17F4N7O2/c1-19(2,21)18-28-27-16(33-18)17(32)30-7-5-11-14(26-9-25-11)15(30)12-8-13-10(20(22,23)24)4-3-6-31(13)29-12/h3-4,6,8-9,15H,5,7H2,1-2H3,(H,25,26). The second kappa shape index (κ2) is 7.12. The van der Waals surface area contributed by atoms with Crippen molar-refractivity contribution in [1.29, 1.82) is 0 Å². The van der Waals surface area contributed by atoms with Crippen LogP contribution >= 0.6 is 0 Å². The largest absolute Gasteiger partial charge is 0.418 e. The van der Waals surface area contributed by atoms with E-state index in [-0.39, 0.29) is 23.6 Å². The third-order valence-electron chi connectivity index (χ3n) is 5.41. The third-order valence-corrected chi connectivity index (χ3v) is 5.41. The van der Waals surface area contributed by atoms with Crippen molar-refractivity contribution in [3.05, 3.63) is 65.1 Å². The van der Waals surface area contributed by atoms with Gasteiger partial charge in [0.1, 0.15) is 6.04 Å². The van der Waals surface area contributed by atoms with Crippen LogP contribution in [0.5, 0.6) is 0 Å². The molecule has 13 heteroatoms. The van der Waals surface area contributed by atoms with Crippen LogP contribution in [0.2, 0.25) is 0 Å². The molecule has 0 aromatic carbocycles. The Labute approximate surface area is 183 Å². The Morgan fingerprint density at radius 3 is 2.73 bits per heavy atom. The first-order valence-corrected chi connectivity index (χ1v) is 9.95. The fourth-order valence-corrected chi connectivity index (χ4v) is 3.88. The molecule has 1 aliphatic heterocycles. The van der Waals surface area contributed by atoms with Crippen LogP contribution in [0, 0.1) is 0 Å². The van der Waals surface area contributed by atoms with Gasteiger partial charge in [0.2, 0.25) is 0 Å². The number of imidazole rings is 1. The number of pyridine rings is 1. The second-order valence-corrected chi connectivity index (χ2v) is 8.12. The summed E-state index contributed by atoms with van der Waals surface area (Å²) in [6, 6.07) is 2.57. The van der Waals surface area contributed by atoms with Crippen molar-refractivity contribution in [1.82, 2.24) is 34.7 Å². The minimum absolute atomic E-state index is 0.158. The summed E-state index contributed by atoms with van der Waals surface area (Å²) >= 11 is 0. The maximum absolute atomic E-state index is 14.1. The van der Waals surface area contributed by atoms with Gasteiger partial charge < -0.3 is 14.3 Å². The Morgan fingerprint density at radius 1 is 1.24 bits per heavy atom. The zero-order valence-electron chi connectivity index (χ0n) is 17.4. The molecule has 0 saturated heterocycles. The summed E-state index contributed by atoms with van der Waals surface area (Å²) in [5.41, 5.74) is -1.61. The van der Waals surface area contributed by atoms with Crippen molar-refractivity contribution in [2.24, 2.45) is 0 Å². The fourth-order valence-electron chi connectivity index (χ4n) is 3.88. The summed E-state index contributed by atoms with van der Waals surface area (Å²) < 4.78 is 61.0. The lowest BCUT2D eigenvalue weighted by Gasteiger charge is -2.32. The molecule has 5 heterocycles. The monoisotopic (exact) mass is 463 g/mol. The normalized spacial score (nSPS) is 16.9. The molecule has 4 aromatic rings.